The summed E-state index contributed by atoms with van der Waals surface area (Å²) in [5.41, 5.74) is 1.65. The number of nitrogens with one attached hydrogen (secondary N) is 1. The van der Waals surface area contributed by atoms with Crippen LogP contribution in [0.25, 0.3) is 0 Å². The van der Waals surface area contributed by atoms with Gasteiger partial charge < -0.3 is 19.3 Å². The van der Waals surface area contributed by atoms with Gasteiger partial charge in [0.15, 0.2) is 0 Å². The molecular formula is C19H26N2O4. The number of aromatic nitrogens is 1. The van der Waals surface area contributed by atoms with Gasteiger partial charge in [0.25, 0.3) is 5.91 Å². The van der Waals surface area contributed by atoms with E-state index in [9.17, 15) is 4.79 Å². The van der Waals surface area contributed by atoms with Gasteiger partial charge in [0.1, 0.15) is 11.5 Å². The molecule has 0 saturated heterocycles. The van der Waals surface area contributed by atoms with Crippen LogP contribution in [0, 0.1) is 0 Å². The summed E-state index contributed by atoms with van der Waals surface area (Å²) in [5, 5.41) is 6.96. The van der Waals surface area contributed by atoms with E-state index in [1.165, 1.54) is 0 Å². The van der Waals surface area contributed by atoms with E-state index in [0.717, 1.165) is 24.1 Å². The van der Waals surface area contributed by atoms with E-state index in [1.807, 2.05) is 25.1 Å². The zero-order valence-corrected chi connectivity index (χ0v) is 15.5. The molecule has 25 heavy (non-hydrogen) atoms. The van der Waals surface area contributed by atoms with Crippen LogP contribution in [0.5, 0.6) is 11.5 Å². The lowest BCUT2D eigenvalue weighted by atomic mass is 9.99. The number of methoxy groups -OCH3 is 2. The highest BCUT2D eigenvalue weighted by Gasteiger charge is 2.21. The number of ether oxygens (including phenoxy) is 2. The number of benzene rings is 1. The molecule has 1 heterocycles. The van der Waals surface area contributed by atoms with Crippen molar-refractivity contribution < 1.29 is 18.8 Å². The minimum absolute atomic E-state index is 0.218. The molecule has 0 aliphatic heterocycles. The molecule has 1 unspecified atom stereocenters. The largest absolute Gasteiger partial charge is 0.497 e. The van der Waals surface area contributed by atoms with Crippen molar-refractivity contribution in [2.45, 2.75) is 45.6 Å². The molecular weight excluding hydrogens is 320 g/mol. The number of carbonyl (C=O) groups excluding carboxylic acids is 1. The lowest BCUT2D eigenvalue weighted by Gasteiger charge is -2.17. The van der Waals surface area contributed by atoms with Crippen molar-refractivity contribution in [1.82, 2.24) is 10.5 Å². The fourth-order valence-electron chi connectivity index (χ4n) is 2.82. The van der Waals surface area contributed by atoms with E-state index >= 15 is 0 Å². The highest BCUT2D eigenvalue weighted by atomic mass is 16.5. The average molecular weight is 346 g/mol. The van der Waals surface area contributed by atoms with E-state index in [2.05, 4.69) is 24.3 Å². The smallest absolute Gasteiger partial charge is 0.290 e. The molecule has 0 spiro atoms. The zero-order chi connectivity index (χ0) is 18.4. The fourth-order valence-corrected chi connectivity index (χ4v) is 2.82. The van der Waals surface area contributed by atoms with Crippen LogP contribution in [0.4, 0.5) is 0 Å². The molecule has 2 rings (SSSR count). The van der Waals surface area contributed by atoms with Crippen molar-refractivity contribution in [3.8, 4) is 11.5 Å². The molecule has 1 aromatic heterocycles. The topological polar surface area (TPSA) is 73.6 Å². The Morgan fingerprint density at radius 1 is 1.20 bits per heavy atom. The number of amides is 1. The Morgan fingerprint density at radius 2 is 1.92 bits per heavy atom. The van der Waals surface area contributed by atoms with Crippen LogP contribution in [0.3, 0.4) is 0 Å². The molecule has 0 bridgehead atoms. The fraction of sp³-hybridized carbons (Fsp3) is 0.474. The van der Waals surface area contributed by atoms with Gasteiger partial charge in [-0.1, -0.05) is 19.0 Å². The Balaban J connectivity index is 2.15. The van der Waals surface area contributed by atoms with Crippen molar-refractivity contribution >= 4 is 5.91 Å². The third kappa shape index (κ3) is 4.32. The molecule has 136 valence electrons. The number of rotatable bonds is 8. The first-order valence-electron chi connectivity index (χ1n) is 8.53. The summed E-state index contributed by atoms with van der Waals surface area (Å²) in [6, 6.07) is 6.92. The quantitative estimate of drug-likeness (QED) is 0.779. The third-order valence-electron chi connectivity index (χ3n) is 4.41. The molecule has 0 radical (unpaired) electrons. The molecule has 6 heteroatoms. The van der Waals surface area contributed by atoms with Gasteiger partial charge in [-0.2, -0.15) is 0 Å². The van der Waals surface area contributed by atoms with E-state index in [-0.39, 0.29) is 17.7 Å². The molecule has 1 N–H and O–H groups in total. The Hall–Kier alpha value is -2.50. The molecule has 2 aromatic rings. The summed E-state index contributed by atoms with van der Waals surface area (Å²) >= 11 is 0. The summed E-state index contributed by atoms with van der Waals surface area (Å²) in [4.78, 5) is 12.5. The highest BCUT2D eigenvalue weighted by molar-refractivity contribution is 5.91. The van der Waals surface area contributed by atoms with Gasteiger partial charge in [-0.3, -0.25) is 4.79 Å². The Kier molecular flexibility index (Phi) is 6.44. The molecule has 1 aromatic carbocycles. The first-order chi connectivity index (χ1) is 12.0. The molecule has 1 atom stereocenters. The first-order valence-corrected chi connectivity index (χ1v) is 8.53. The average Bonchev–Trinajstić information content (AvgIpc) is 3.12. The van der Waals surface area contributed by atoms with E-state index in [1.54, 1.807) is 20.3 Å². The van der Waals surface area contributed by atoms with Gasteiger partial charge in [-0.05, 0) is 38.0 Å². The van der Waals surface area contributed by atoms with Crippen LogP contribution in [-0.4, -0.2) is 25.3 Å². The Morgan fingerprint density at radius 3 is 2.52 bits per heavy atom. The SMILES string of the molecule is CCC(CC)c1cc(C(=O)NC(C)c2cc(OC)ccc2OC)on1. The number of carbonyl (C=O) groups is 1. The lowest BCUT2D eigenvalue weighted by Crippen LogP contribution is -2.26. The van der Waals surface area contributed by atoms with Gasteiger partial charge in [-0.25, -0.2) is 0 Å². The number of nitrogens with zero attached hydrogens (tertiary/aromatic N) is 1. The highest BCUT2D eigenvalue weighted by Crippen LogP contribution is 2.29. The van der Waals surface area contributed by atoms with Crippen molar-refractivity contribution in [1.29, 1.82) is 0 Å². The van der Waals surface area contributed by atoms with E-state index < -0.39 is 0 Å². The Bertz CT molecular complexity index is 707. The van der Waals surface area contributed by atoms with Gasteiger partial charge in [0.05, 0.1) is 26.0 Å². The van der Waals surface area contributed by atoms with Crippen molar-refractivity contribution in [3.63, 3.8) is 0 Å². The van der Waals surface area contributed by atoms with Gasteiger partial charge in [-0.15, -0.1) is 0 Å². The monoisotopic (exact) mass is 346 g/mol. The maximum atomic E-state index is 12.5. The zero-order valence-electron chi connectivity index (χ0n) is 15.5. The van der Waals surface area contributed by atoms with Crippen LogP contribution in [0.1, 0.15) is 67.4 Å². The number of hydrogen-bond acceptors (Lipinski definition) is 5. The van der Waals surface area contributed by atoms with Crippen molar-refractivity contribution in [2.24, 2.45) is 0 Å². The molecule has 0 aliphatic rings. The summed E-state index contributed by atoms with van der Waals surface area (Å²) < 4.78 is 15.9. The third-order valence-corrected chi connectivity index (χ3v) is 4.41. The first kappa shape index (κ1) is 18.8. The molecule has 0 aliphatic carbocycles. The predicted octanol–water partition coefficient (Wildman–Crippen LogP) is 4.09. The molecule has 1 amide bonds. The second-order valence-electron chi connectivity index (χ2n) is 5.93. The normalized spacial score (nSPS) is 12.1. The van der Waals surface area contributed by atoms with Gasteiger partial charge >= 0.3 is 0 Å². The van der Waals surface area contributed by atoms with Gasteiger partial charge in [0, 0.05) is 17.5 Å². The van der Waals surface area contributed by atoms with Crippen LogP contribution in [-0.2, 0) is 0 Å². The van der Waals surface area contributed by atoms with Crippen LogP contribution in [0.2, 0.25) is 0 Å². The molecule has 6 nitrogen and oxygen atoms in total. The van der Waals surface area contributed by atoms with Crippen molar-refractivity contribution in [2.75, 3.05) is 14.2 Å². The summed E-state index contributed by atoms with van der Waals surface area (Å²) in [6.45, 7) is 6.08. The summed E-state index contributed by atoms with van der Waals surface area (Å²) in [7, 11) is 3.20. The van der Waals surface area contributed by atoms with Crippen molar-refractivity contribution in [3.05, 3.63) is 41.3 Å². The van der Waals surface area contributed by atoms with E-state index in [0.29, 0.717) is 17.4 Å². The standard InChI is InChI=1S/C19H26N2O4/c1-6-13(7-2)16-11-18(25-21-16)19(22)20-12(3)15-10-14(23-4)8-9-17(15)24-5/h8-13H,6-7H2,1-5H3,(H,20,22). The molecule has 0 fully saturated rings. The lowest BCUT2D eigenvalue weighted by molar-refractivity contribution is 0.0902. The Labute approximate surface area is 148 Å². The van der Waals surface area contributed by atoms with Crippen LogP contribution in [0.15, 0.2) is 28.8 Å². The number of hydrogen-bond donors (Lipinski definition) is 1. The van der Waals surface area contributed by atoms with Gasteiger partial charge in [0.2, 0.25) is 5.76 Å². The second kappa shape index (κ2) is 8.55. The minimum Gasteiger partial charge on any atom is -0.497 e. The summed E-state index contributed by atoms with van der Waals surface area (Å²) in [5.74, 6) is 1.61. The maximum absolute atomic E-state index is 12.5. The maximum Gasteiger partial charge on any atom is 0.290 e. The van der Waals surface area contributed by atoms with Crippen LogP contribution >= 0.6 is 0 Å². The van der Waals surface area contributed by atoms with E-state index in [4.69, 9.17) is 14.0 Å². The summed E-state index contributed by atoms with van der Waals surface area (Å²) in [6.07, 6.45) is 1.92. The van der Waals surface area contributed by atoms with Crippen LogP contribution < -0.4 is 14.8 Å². The second-order valence-corrected chi connectivity index (χ2v) is 5.93. The molecule has 0 saturated carbocycles. The predicted molar refractivity (Wildman–Crippen MR) is 95.3 cm³/mol. The minimum atomic E-state index is -0.304.